The van der Waals surface area contributed by atoms with Gasteiger partial charge in [-0.2, -0.15) is 0 Å². The molecule has 0 aromatic heterocycles. The summed E-state index contributed by atoms with van der Waals surface area (Å²) in [6.07, 6.45) is 3.99. The minimum absolute atomic E-state index is 0.00985. The van der Waals surface area contributed by atoms with E-state index in [0.29, 0.717) is 13.0 Å². The summed E-state index contributed by atoms with van der Waals surface area (Å²) in [7, 11) is 3.92. The molecule has 0 spiro atoms. The van der Waals surface area contributed by atoms with Gasteiger partial charge in [0.25, 0.3) is 0 Å². The summed E-state index contributed by atoms with van der Waals surface area (Å²) in [6.45, 7) is 0.622. The van der Waals surface area contributed by atoms with E-state index in [2.05, 4.69) is 10.6 Å². The number of rotatable bonds is 8. The van der Waals surface area contributed by atoms with E-state index in [1.54, 1.807) is 0 Å². The highest BCUT2D eigenvalue weighted by molar-refractivity contribution is 8.77. The van der Waals surface area contributed by atoms with Gasteiger partial charge in [-0.15, -0.1) is 0 Å². The van der Waals surface area contributed by atoms with Crippen molar-refractivity contribution >= 4 is 33.6 Å². The van der Waals surface area contributed by atoms with Crippen molar-refractivity contribution in [2.24, 2.45) is 0 Å². The Morgan fingerprint density at radius 1 is 1.22 bits per heavy atom. The van der Waals surface area contributed by atoms with E-state index in [-0.39, 0.29) is 12.5 Å². The highest BCUT2D eigenvalue weighted by atomic mass is 33.1. The lowest BCUT2D eigenvalue weighted by Crippen LogP contribution is -2.33. The second-order valence-electron chi connectivity index (χ2n) is 4.16. The third-order valence-corrected chi connectivity index (χ3v) is 5.64. The van der Waals surface area contributed by atoms with Gasteiger partial charge in [-0.05, 0) is 19.3 Å². The Balaban J connectivity index is 1.88. The molecule has 0 aromatic carbocycles. The van der Waals surface area contributed by atoms with Crippen LogP contribution < -0.4 is 10.6 Å². The van der Waals surface area contributed by atoms with Gasteiger partial charge in [-0.1, -0.05) is 28.0 Å². The number of unbranched alkanes of at least 4 members (excludes halogenated alkanes) is 1. The molecule has 0 aromatic rings. The summed E-state index contributed by atoms with van der Waals surface area (Å²) in [5, 5.41) is 14.0. The summed E-state index contributed by atoms with van der Waals surface area (Å²) in [6, 6.07) is 0. The molecule has 1 aliphatic rings. The highest BCUT2D eigenvalue weighted by Gasteiger charge is 2.15. The van der Waals surface area contributed by atoms with Crippen LogP contribution in [-0.2, 0) is 4.79 Å². The second kappa shape index (κ2) is 9.38. The molecular formula is C11H20N2O3S2. The van der Waals surface area contributed by atoms with Crippen molar-refractivity contribution in [1.29, 1.82) is 0 Å². The van der Waals surface area contributed by atoms with E-state index in [0.717, 1.165) is 18.1 Å². The van der Waals surface area contributed by atoms with Crippen LogP contribution in [0.15, 0.2) is 0 Å². The van der Waals surface area contributed by atoms with Crippen LogP contribution in [0.25, 0.3) is 0 Å². The molecule has 1 heterocycles. The van der Waals surface area contributed by atoms with Crippen LogP contribution in [0.3, 0.4) is 0 Å². The normalized spacial score (nSPS) is 18.6. The maximum Gasteiger partial charge on any atom is 0.404 e. The van der Waals surface area contributed by atoms with Crippen LogP contribution in [0.2, 0.25) is 0 Å². The molecule has 1 atom stereocenters. The zero-order valence-corrected chi connectivity index (χ0v) is 11.9. The molecule has 18 heavy (non-hydrogen) atoms. The number of hydrogen-bond donors (Lipinski definition) is 3. The predicted octanol–water partition coefficient (Wildman–Crippen LogP) is 2.08. The van der Waals surface area contributed by atoms with Crippen LogP contribution in [0, 0.1) is 0 Å². The smallest absolute Gasteiger partial charge is 0.404 e. The second-order valence-corrected chi connectivity index (χ2v) is 6.94. The third-order valence-electron chi connectivity index (χ3n) is 2.63. The highest BCUT2D eigenvalue weighted by Crippen LogP contribution is 2.39. The molecule has 1 fully saturated rings. The van der Waals surface area contributed by atoms with Crippen LogP contribution in [0.1, 0.15) is 32.1 Å². The van der Waals surface area contributed by atoms with Gasteiger partial charge in [0.2, 0.25) is 5.91 Å². The maximum absolute atomic E-state index is 11.4. The lowest BCUT2D eigenvalue weighted by molar-refractivity contribution is -0.121. The SMILES string of the molecule is O=C(O)NCCNC(=O)CCCC[C@@H]1CCSS1. The first kappa shape index (κ1) is 15.5. The molecule has 104 valence electrons. The molecule has 0 bridgehead atoms. The van der Waals surface area contributed by atoms with Crippen LogP contribution in [-0.4, -0.2) is 41.2 Å². The van der Waals surface area contributed by atoms with Crippen LogP contribution in [0.4, 0.5) is 4.79 Å². The lowest BCUT2D eigenvalue weighted by atomic mass is 10.1. The standard InChI is InChI=1S/C11H20N2O3S2/c14-10(12-6-7-13-11(15)16)4-2-1-3-9-5-8-17-18-9/h9,13H,1-8H2,(H,12,14)(H,15,16)/t9-/m1/s1. The minimum atomic E-state index is -1.06. The zero-order valence-electron chi connectivity index (χ0n) is 10.3. The molecule has 0 saturated carbocycles. The van der Waals surface area contributed by atoms with Crippen LogP contribution in [0.5, 0.6) is 0 Å². The first-order chi connectivity index (χ1) is 8.68. The topological polar surface area (TPSA) is 78.4 Å². The van der Waals surface area contributed by atoms with E-state index >= 15 is 0 Å². The Hall–Kier alpha value is -0.560. The largest absolute Gasteiger partial charge is 0.465 e. The van der Waals surface area contributed by atoms with Crippen molar-refractivity contribution in [3.63, 3.8) is 0 Å². The predicted molar refractivity (Wildman–Crippen MR) is 76.0 cm³/mol. The van der Waals surface area contributed by atoms with E-state index in [1.807, 2.05) is 21.6 Å². The molecule has 0 aliphatic carbocycles. The molecular weight excluding hydrogens is 272 g/mol. The van der Waals surface area contributed by atoms with Crippen molar-refractivity contribution in [3.05, 3.63) is 0 Å². The van der Waals surface area contributed by atoms with Gasteiger partial charge in [0, 0.05) is 30.5 Å². The average Bonchev–Trinajstić information content (AvgIpc) is 2.83. The molecule has 7 heteroatoms. The number of carbonyl (C=O) groups is 2. The van der Waals surface area contributed by atoms with Gasteiger partial charge in [0.15, 0.2) is 0 Å². The summed E-state index contributed by atoms with van der Waals surface area (Å²) in [5.41, 5.74) is 0. The fourth-order valence-corrected chi connectivity index (χ4v) is 4.71. The van der Waals surface area contributed by atoms with Crippen LogP contribution >= 0.6 is 21.6 Å². The van der Waals surface area contributed by atoms with Gasteiger partial charge in [0.05, 0.1) is 0 Å². The fourth-order valence-electron chi connectivity index (χ4n) is 1.68. The van der Waals surface area contributed by atoms with E-state index < -0.39 is 6.09 Å². The number of nitrogens with one attached hydrogen (secondary N) is 2. The van der Waals surface area contributed by atoms with Crippen molar-refractivity contribution in [2.45, 2.75) is 37.4 Å². The van der Waals surface area contributed by atoms with Gasteiger partial charge < -0.3 is 15.7 Å². The summed E-state index contributed by atoms with van der Waals surface area (Å²) < 4.78 is 0. The van der Waals surface area contributed by atoms with Crippen molar-refractivity contribution in [1.82, 2.24) is 10.6 Å². The fraction of sp³-hybridized carbons (Fsp3) is 0.818. The number of hydrogen-bond acceptors (Lipinski definition) is 4. The minimum Gasteiger partial charge on any atom is -0.465 e. The molecule has 1 rings (SSSR count). The molecule has 0 radical (unpaired) electrons. The summed E-state index contributed by atoms with van der Waals surface area (Å²) >= 11 is 0. The Labute approximate surface area is 115 Å². The van der Waals surface area contributed by atoms with Crippen molar-refractivity contribution in [2.75, 3.05) is 18.8 Å². The van der Waals surface area contributed by atoms with E-state index in [9.17, 15) is 9.59 Å². The molecule has 1 saturated heterocycles. The molecule has 3 N–H and O–H groups in total. The number of carbonyl (C=O) groups excluding carboxylic acids is 1. The quantitative estimate of drug-likeness (QED) is 0.471. The molecule has 5 nitrogen and oxygen atoms in total. The zero-order chi connectivity index (χ0) is 13.2. The summed E-state index contributed by atoms with van der Waals surface area (Å²) in [4.78, 5) is 21.5. The number of carboxylic acid groups (broad SMARTS) is 1. The average molecular weight is 292 g/mol. The van der Waals surface area contributed by atoms with E-state index in [1.165, 1.54) is 18.6 Å². The Bertz CT molecular complexity index is 271. The molecule has 0 unspecified atom stereocenters. The van der Waals surface area contributed by atoms with Gasteiger partial charge in [-0.25, -0.2) is 4.79 Å². The third kappa shape index (κ3) is 7.71. The van der Waals surface area contributed by atoms with Gasteiger partial charge in [-0.3, -0.25) is 4.79 Å². The summed E-state index contributed by atoms with van der Waals surface area (Å²) in [5.74, 6) is 1.27. The van der Waals surface area contributed by atoms with Crippen molar-refractivity contribution < 1.29 is 14.7 Å². The Morgan fingerprint density at radius 2 is 2.00 bits per heavy atom. The lowest BCUT2D eigenvalue weighted by Gasteiger charge is -2.07. The Morgan fingerprint density at radius 3 is 2.67 bits per heavy atom. The monoisotopic (exact) mass is 292 g/mol. The first-order valence-corrected chi connectivity index (χ1v) is 8.58. The number of amides is 2. The van der Waals surface area contributed by atoms with Gasteiger partial charge in [0.1, 0.15) is 0 Å². The first-order valence-electron chi connectivity index (χ1n) is 6.20. The Kier molecular flexibility index (Phi) is 8.08. The van der Waals surface area contributed by atoms with E-state index in [4.69, 9.17) is 5.11 Å². The van der Waals surface area contributed by atoms with Gasteiger partial charge >= 0.3 is 6.09 Å². The molecule has 2 amide bonds. The maximum atomic E-state index is 11.4. The molecule has 1 aliphatic heterocycles. The van der Waals surface area contributed by atoms with Crippen molar-refractivity contribution in [3.8, 4) is 0 Å².